The van der Waals surface area contributed by atoms with Crippen LogP contribution in [0.25, 0.3) is 22.1 Å². The molecular formula is C27H25FN2O3. The maximum absolute atomic E-state index is 13.6. The molecule has 2 heterocycles. The summed E-state index contributed by atoms with van der Waals surface area (Å²) in [4.78, 5) is 17.0. The van der Waals surface area contributed by atoms with Crippen molar-refractivity contribution in [2.45, 2.75) is 6.54 Å². The molecule has 1 amide bonds. The molecule has 0 spiro atoms. The summed E-state index contributed by atoms with van der Waals surface area (Å²) in [5, 5.41) is 0.999. The van der Waals surface area contributed by atoms with E-state index in [-0.39, 0.29) is 11.7 Å². The minimum absolute atomic E-state index is 0.0298. The first-order chi connectivity index (χ1) is 16.1. The molecule has 1 aliphatic heterocycles. The Morgan fingerprint density at radius 2 is 1.73 bits per heavy atom. The molecule has 3 aromatic carbocycles. The van der Waals surface area contributed by atoms with Gasteiger partial charge in [0.25, 0.3) is 5.91 Å². The minimum atomic E-state index is -0.246. The molecule has 0 atom stereocenters. The zero-order valence-corrected chi connectivity index (χ0v) is 18.5. The highest BCUT2D eigenvalue weighted by Crippen LogP contribution is 2.28. The number of carbonyl (C=O) groups excluding carboxylic acids is 1. The third-order valence-electron chi connectivity index (χ3n) is 6.08. The summed E-state index contributed by atoms with van der Waals surface area (Å²) in [7, 11) is 1.60. The van der Waals surface area contributed by atoms with E-state index in [9.17, 15) is 9.18 Å². The number of hydrogen-bond donors (Lipinski definition) is 0. The van der Waals surface area contributed by atoms with Gasteiger partial charge in [-0.05, 0) is 59.7 Å². The Kier molecular flexibility index (Phi) is 5.84. The van der Waals surface area contributed by atoms with Gasteiger partial charge in [-0.2, -0.15) is 0 Å². The maximum atomic E-state index is 13.6. The fraction of sp³-hybridized carbons (Fsp3) is 0.222. The molecule has 0 radical (unpaired) electrons. The number of carbonyl (C=O) groups is 1. The Morgan fingerprint density at radius 1 is 0.939 bits per heavy atom. The van der Waals surface area contributed by atoms with Crippen molar-refractivity contribution in [3.05, 3.63) is 89.9 Å². The molecule has 5 nitrogen and oxygen atoms in total. The lowest BCUT2D eigenvalue weighted by Crippen LogP contribution is -2.48. The summed E-state index contributed by atoms with van der Waals surface area (Å²) in [5.74, 6) is 1.35. The van der Waals surface area contributed by atoms with E-state index in [0.717, 1.165) is 40.9 Å². The number of halogens is 1. The van der Waals surface area contributed by atoms with Crippen molar-refractivity contribution >= 4 is 16.9 Å². The number of amides is 1. The third-order valence-corrected chi connectivity index (χ3v) is 6.08. The van der Waals surface area contributed by atoms with E-state index < -0.39 is 0 Å². The molecular weight excluding hydrogens is 419 g/mol. The smallest absolute Gasteiger partial charge is 0.254 e. The number of furan rings is 1. The van der Waals surface area contributed by atoms with Crippen LogP contribution in [0.2, 0.25) is 0 Å². The van der Waals surface area contributed by atoms with Crippen molar-refractivity contribution < 1.29 is 18.3 Å². The van der Waals surface area contributed by atoms with Crippen LogP contribution in [0.15, 0.2) is 77.2 Å². The van der Waals surface area contributed by atoms with E-state index in [1.54, 1.807) is 19.2 Å². The fourth-order valence-electron chi connectivity index (χ4n) is 4.29. The summed E-state index contributed by atoms with van der Waals surface area (Å²) < 4.78 is 24.9. The van der Waals surface area contributed by atoms with E-state index in [2.05, 4.69) is 4.90 Å². The van der Waals surface area contributed by atoms with Crippen LogP contribution in [0.3, 0.4) is 0 Å². The SMILES string of the molecule is COc1cccc(C(=O)N2CCN(Cc3cc4cc(-c5cccc(F)c5)ccc4o3)CC2)c1. The van der Waals surface area contributed by atoms with Gasteiger partial charge in [-0.25, -0.2) is 4.39 Å². The first kappa shape index (κ1) is 21.2. The Morgan fingerprint density at radius 3 is 2.52 bits per heavy atom. The highest BCUT2D eigenvalue weighted by molar-refractivity contribution is 5.94. The molecule has 0 bridgehead atoms. The number of fused-ring (bicyclic) bond motifs is 1. The monoisotopic (exact) mass is 444 g/mol. The highest BCUT2D eigenvalue weighted by atomic mass is 19.1. The van der Waals surface area contributed by atoms with Gasteiger partial charge in [-0.15, -0.1) is 0 Å². The van der Waals surface area contributed by atoms with E-state index in [0.29, 0.717) is 30.9 Å². The van der Waals surface area contributed by atoms with Gasteiger partial charge in [0.2, 0.25) is 0 Å². The van der Waals surface area contributed by atoms with Crippen molar-refractivity contribution in [2.75, 3.05) is 33.3 Å². The summed E-state index contributed by atoms with van der Waals surface area (Å²) in [6.45, 7) is 3.58. The molecule has 0 saturated carbocycles. The van der Waals surface area contributed by atoms with Crippen LogP contribution >= 0.6 is 0 Å². The van der Waals surface area contributed by atoms with E-state index >= 15 is 0 Å². The van der Waals surface area contributed by atoms with Gasteiger partial charge in [0.1, 0.15) is 22.9 Å². The lowest BCUT2D eigenvalue weighted by Gasteiger charge is -2.34. The zero-order chi connectivity index (χ0) is 22.8. The Balaban J connectivity index is 1.23. The van der Waals surface area contributed by atoms with Crippen LogP contribution in [0.1, 0.15) is 16.1 Å². The van der Waals surface area contributed by atoms with Gasteiger partial charge in [0.15, 0.2) is 0 Å². The normalized spacial score (nSPS) is 14.5. The summed E-state index contributed by atoms with van der Waals surface area (Å²) in [6, 6.07) is 21.8. The number of ether oxygens (including phenoxy) is 1. The predicted molar refractivity (Wildman–Crippen MR) is 126 cm³/mol. The average molecular weight is 445 g/mol. The van der Waals surface area contributed by atoms with Gasteiger partial charge in [-0.3, -0.25) is 9.69 Å². The van der Waals surface area contributed by atoms with Crippen LogP contribution in [-0.2, 0) is 6.54 Å². The predicted octanol–water partition coefficient (Wildman–Crippen LogP) is 5.21. The second kappa shape index (κ2) is 9.08. The lowest BCUT2D eigenvalue weighted by molar-refractivity contribution is 0.0620. The number of rotatable bonds is 5. The average Bonchev–Trinajstić information content (AvgIpc) is 3.25. The molecule has 1 saturated heterocycles. The molecule has 168 valence electrons. The second-order valence-corrected chi connectivity index (χ2v) is 8.28. The van der Waals surface area contributed by atoms with Crippen LogP contribution in [-0.4, -0.2) is 49.0 Å². The van der Waals surface area contributed by atoms with E-state index in [1.165, 1.54) is 12.1 Å². The van der Waals surface area contributed by atoms with Gasteiger partial charge >= 0.3 is 0 Å². The molecule has 5 rings (SSSR count). The summed E-state index contributed by atoms with van der Waals surface area (Å²) in [6.07, 6.45) is 0. The van der Waals surface area contributed by atoms with Crippen molar-refractivity contribution in [3.63, 3.8) is 0 Å². The van der Waals surface area contributed by atoms with Gasteiger partial charge in [0, 0.05) is 37.1 Å². The first-order valence-electron chi connectivity index (χ1n) is 11.0. The number of hydrogen-bond acceptors (Lipinski definition) is 4. The zero-order valence-electron chi connectivity index (χ0n) is 18.5. The summed E-state index contributed by atoms with van der Waals surface area (Å²) >= 11 is 0. The molecule has 1 fully saturated rings. The van der Waals surface area contributed by atoms with Crippen molar-refractivity contribution in [1.82, 2.24) is 9.80 Å². The Labute approximate surface area is 192 Å². The van der Waals surface area contributed by atoms with Gasteiger partial charge < -0.3 is 14.1 Å². The van der Waals surface area contributed by atoms with Crippen LogP contribution in [0.4, 0.5) is 4.39 Å². The molecule has 4 aromatic rings. The van der Waals surface area contributed by atoms with Gasteiger partial charge in [0.05, 0.1) is 13.7 Å². The first-order valence-corrected chi connectivity index (χ1v) is 11.0. The Bertz CT molecular complexity index is 1290. The third kappa shape index (κ3) is 4.61. The number of methoxy groups -OCH3 is 1. The molecule has 6 heteroatoms. The quantitative estimate of drug-likeness (QED) is 0.424. The van der Waals surface area contributed by atoms with Crippen LogP contribution in [0, 0.1) is 5.82 Å². The second-order valence-electron chi connectivity index (χ2n) is 8.28. The summed E-state index contributed by atoms with van der Waals surface area (Å²) in [5.41, 5.74) is 3.27. The molecule has 33 heavy (non-hydrogen) atoms. The van der Waals surface area contributed by atoms with E-state index in [1.807, 2.05) is 53.4 Å². The number of nitrogens with zero attached hydrogens (tertiary/aromatic N) is 2. The van der Waals surface area contributed by atoms with Crippen molar-refractivity contribution in [2.24, 2.45) is 0 Å². The van der Waals surface area contributed by atoms with Crippen molar-refractivity contribution in [3.8, 4) is 16.9 Å². The molecule has 1 aromatic heterocycles. The largest absolute Gasteiger partial charge is 0.497 e. The lowest BCUT2D eigenvalue weighted by atomic mass is 10.0. The molecule has 0 aliphatic carbocycles. The van der Waals surface area contributed by atoms with Crippen LogP contribution in [0.5, 0.6) is 5.75 Å². The highest BCUT2D eigenvalue weighted by Gasteiger charge is 2.23. The maximum Gasteiger partial charge on any atom is 0.254 e. The molecule has 1 aliphatic rings. The standard InChI is InChI=1S/C27H25FN2O3/c1-32-24-7-3-5-21(16-24)27(31)30-12-10-29(11-13-30)18-25-17-22-14-20(8-9-26(22)33-25)19-4-2-6-23(28)15-19/h2-9,14-17H,10-13,18H2,1H3. The number of piperazine rings is 1. The minimum Gasteiger partial charge on any atom is -0.497 e. The van der Waals surface area contributed by atoms with Crippen LogP contribution < -0.4 is 4.74 Å². The number of benzene rings is 3. The molecule has 0 N–H and O–H groups in total. The fourth-order valence-corrected chi connectivity index (χ4v) is 4.29. The van der Waals surface area contributed by atoms with Gasteiger partial charge in [-0.1, -0.05) is 24.3 Å². The topological polar surface area (TPSA) is 45.9 Å². The molecule has 0 unspecified atom stereocenters. The Hall–Kier alpha value is -3.64. The van der Waals surface area contributed by atoms with Crippen molar-refractivity contribution in [1.29, 1.82) is 0 Å². The van der Waals surface area contributed by atoms with E-state index in [4.69, 9.17) is 9.15 Å².